The molecule has 34 heavy (non-hydrogen) atoms. The Morgan fingerprint density at radius 1 is 1.09 bits per heavy atom. The Kier molecular flexibility index (Phi) is 8.34. The van der Waals surface area contributed by atoms with Crippen LogP contribution in [-0.2, 0) is 10.8 Å². The first kappa shape index (κ1) is 25.7. The van der Waals surface area contributed by atoms with Gasteiger partial charge >= 0.3 is 6.36 Å². The molecule has 2 atom stereocenters. The van der Waals surface area contributed by atoms with Crippen molar-refractivity contribution in [2.45, 2.75) is 29.1 Å². The number of rotatable bonds is 8. The van der Waals surface area contributed by atoms with E-state index >= 15 is 0 Å². The first-order valence-electron chi connectivity index (χ1n) is 9.82. The van der Waals surface area contributed by atoms with E-state index < -0.39 is 28.7 Å². The maximum Gasteiger partial charge on any atom is 0.573 e. The molecule has 0 spiro atoms. The van der Waals surface area contributed by atoms with Crippen LogP contribution in [0.2, 0.25) is 0 Å². The molecule has 0 saturated heterocycles. The Morgan fingerprint density at radius 2 is 1.76 bits per heavy atom. The fraction of sp³-hybridized carbons (Fsp3) is 0.174. The van der Waals surface area contributed by atoms with Crippen LogP contribution < -0.4 is 9.46 Å². The van der Waals surface area contributed by atoms with Gasteiger partial charge in [0.15, 0.2) is 0 Å². The monoisotopic (exact) mass is 512 g/mol. The van der Waals surface area contributed by atoms with Gasteiger partial charge < -0.3 is 9.94 Å². The zero-order valence-electron chi connectivity index (χ0n) is 18.0. The van der Waals surface area contributed by atoms with Crippen LogP contribution in [0, 0.1) is 5.82 Å². The van der Waals surface area contributed by atoms with E-state index in [2.05, 4.69) is 14.6 Å². The summed E-state index contributed by atoms with van der Waals surface area (Å²) >= 11 is 1.46. The van der Waals surface area contributed by atoms with Crippen LogP contribution in [0.5, 0.6) is 5.75 Å². The van der Waals surface area contributed by atoms with Crippen LogP contribution in [0.3, 0.4) is 0 Å². The molecule has 0 amide bonds. The largest absolute Gasteiger partial charge is 0.573 e. The molecule has 11 heteroatoms. The average molecular weight is 513 g/mol. The van der Waals surface area contributed by atoms with Crippen molar-refractivity contribution in [2.75, 3.05) is 6.26 Å². The summed E-state index contributed by atoms with van der Waals surface area (Å²) in [5.74, 6) is -1.43. The van der Waals surface area contributed by atoms with E-state index in [0.717, 1.165) is 23.8 Å². The molecule has 2 N–H and O–H groups in total. The number of hydrogen-bond donors (Lipinski definition) is 2. The lowest BCUT2D eigenvalue weighted by Crippen LogP contribution is -2.18. The molecule has 3 rings (SSSR count). The van der Waals surface area contributed by atoms with Gasteiger partial charge in [0.25, 0.3) is 0 Å². The molecule has 0 aliphatic carbocycles. The quantitative estimate of drug-likeness (QED) is 0.127. The van der Waals surface area contributed by atoms with E-state index in [0.29, 0.717) is 5.56 Å². The van der Waals surface area contributed by atoms with Crippen molar-refractivity contribution >= 4 is 28.5 Å². The standard InChI is InChI=1S/C23H20F4N2O3S2/c1-14(29-33-2)15-7-9-16(10-8-15)22(28-30)18-12-11-17(32-23(25,26)27)13-21(18)34(31)20-6-4-3-5-19(20)24/h3-14,29-30H,1-2H3/b28-22+/t14-,34?/m0/s1. The van der Waals surface area contributed by atoms with Crippen molar-refractivity contribution in [2.24, 2.45) is 5.16 Å². The third-order valence-corrected chi connectivity index (χ3v) is 6.81. The molecule has 0 aliphatic rings. The minimum absolute atomic E-state index is 0.0292. The number of nitrogens with one attached hydrogen (secondary N) is 1. The van der Waals surface area contributed by atoms with Gasteiger partial charge in [0.2, 0.25) is 0 Å². The highest BCUT2D eigenvalue weighted by Gasteiger charge is 2.32. The first-order chi connectivity index (χ1) is 16.1. The molecule has 0 fully saturated rings. The van der Waals surface area contributed by atoms with Gasteiger partial charge in [0, 0.05) is 17.2 Å². The summed E-state index contributed by atoms with van der Waals surface area (Å²) in [6, 6.07) is 15.2. The second-order valence-corrected chi connectivity index (χ2v) is 9.08. The predicted octanol–water partition coefficient (Wildman–Crippen LogP) is 6.05. The van der Waals surface area contributed by atoms with Gasteiger partial charge in [-0.1, -0.05) is 53.5 Å². The summed E-state index contributed by atoms with van der Waals surface area (Å²) in [7, 11) is -2.25. The fourth-order valence-electron chi connectivity index (χ4n) is 3.20. The van der Waals surface area contributed by atoms with Crippen molar-refractivity contribution in [1.29, 1.82) is 0 Å². The summed E-state index contributed by atoms with van der Waals surface area (Å²) < 4.78 is 73.1. The summed E-state index contributed by atoms with van der Waals surface area (Å²) in [6.07, 6.45) is -3.09. The zero-order chi connectivity index (χ0) is 24.9. The Morgan fingerprint density at radius 3 is 2.35 bits per heavy atom. The Bertz CT molecular complexity index is 1200. The van der Waals surface area contributed by atoms with Crippen LogP contribution in [-0.4, -0.2) is 27.7 Å². The van der Waals surface area contributed by atoms with E-state index in [1.165, 1.54) is 36.2 Å². The van der Waals surface area contributed by atoms with E-state index in [1.807, 2.05) is 13.2 Å². The molecular weight excluding hydrogens is 492 g/mol. The van der Waals surface area contributed by atoms with Gasteiger partial charge in [-0.3, -0.25) is 4.72 Å². The third-order valence-electron chi connectivity index (χ3n) is 4.76. The van der Waals surface area contributed by atoms with Gasteiger partial charge in [-0.15, -0.1) is 13.2 Å². The lowest BCUT2D eigenvalue weighted by molar-refractivity contribution is -0.274. The fourth-order valence-corrected chi connectivity index (χ4v) is 4.97. The maximum absolute atomic E-state index is 14.3. The number of nitrogens with zero attached hydrogens (tertiary/aromatic N) is 1. The SMILES string of the molecule is CSN[C@@H](C)c1ccc(/C(=N\O)c2ccc(OC(F)(F)F)cc2S(=O)c2ccccc2F)cc1. The van der Waals surface area contributed by atoms with E-state index in [-0.39, 0.29) is 27.1 Å². The normalized spacial score (nSPS) is 14.0. The minimum atomic E-state index is -4.98. The number of oxime groups is 1. The smallest absolute Gasteiger partial charge is 0.410 e. The Balaban J connectivity index is 2.10. The van der Waals surface area contributed by atoms with Crippen molar-refractivity contribution in [3.8, 4) is 5.75 Å². The molecule has 1 unspecified atom stereocenters. The van der Waals surface area contributed by atoms with Crippen LogP contribution in [0.1, 0.15) is 29.7 Å². The van der Waals surface area contributed by atoms with Crippen molar-refractivity contribution in [3.05, 3.63) is 89.2 Å². The van der Waals surface area contributed by atoms with E-state index in [4.69, 9.17) is 0 Å². The molecule has 0 aromatic heterocycles. The molecule has 5 nitrogen and oxygen atoms in total. The summed E-state index contributed by atoms with van der Waals surface area (Å²) in [6.45, 7) is 1.96. The summed E-state index contributed by atoms with van der Waals surface area (Å²) in [4.78, 5) is -0.446. The highest BCUT2D eigenvalue weighted by atomic mass is 32.2. The highest BCUT2D eigenvalue weighted by Crippen LogP contribution is 2.31. The van der Waals surface area contributed by atoms with Crippen LogP contribution in [0.15, 0.2) is 81.7 Å². The second kappa shape index (κ2) is 11.0. The topological polar surface area (TPSA) is 70.9 Å². The molecule has 3 aromatic rings. The molecule has 0 heterocycles. The van der Waals surface area contributed by atoms with Gasteiger partial charge in [-0.2, -0.15) is 0 Å². The number of hydrogen-bond acceptors (Lipinski definition) is 6. The number of benzene rings is 3. The molecule has 0 saturated carbocycles. The van der Waals surface area contributed by atoms with Crippen LogP contribution >= 0.6 is 11.9 Å². The lowest BCUT2D eigenvalue weighted by Gasteiger charge is -2.16. The zero-order valence-corrected chi connectivity index (χ0v) is 19.6. The Labute approximate surface area is 200 Å². The molecule has 0 bridgehead atoms. The Hall–Kier alpha value is -2.89. The van der Waals surface area contributed by atoms with Crippen molar-refractivity contribution in [3.63, 3.8) is 0 Å². The molecule has 0 radical (unpaired) electrons. The molecule has 0 aliphatic heterocycles. The van der Waals surface area contributed by atoms with Crippen LogP contribution in [0.25, 0.3) is 0 Å². The molecule has 180 valence electrons. The van der Waals surface area contributed by atoms with Crippen molar-refractivity contribution in [1.82, 2.24) is 4.72 Å². The van der Waals surface area contributed by atoms with Gasteiger partial charge in [0.1, 0.15) is 17.3 Å². The number of ether oxygens (including phenoxy) is 1. The summed E-state index contributed by atoms with van der Waals surface area (Å²) in [5, 5.41) is 13.1. The minimum Gasteiger partial charge on any atom is -0.410 e. The lowest BCUT2D eigenvalue weighted by atomic mass is 9.99. The maximum atomic E-state index is 14.3. The second-order valence-electron chi connectivity index (χ2n) is 7.02. The first-order valence-corrected chi connectivity index (χ1v) is 12.2. The molecular formula is C23H20F4N2O3S2. The molecule has 3 aromatic carbocycles. The van der Waals surface area contributed by atoms with Crippen LogP contribution in [0.4, 0.5) is 17.6 Å². The number of alkyl halides is 3. The van der Waals surface area contributed by atoms with Gasteiger partial charge in [0.05, 0.1) is 20.6 Å². The van der Waals surface area contributed by atoms with E-state index in [9.17, 15) is 27.0 Å². The van der Waals surface area contributed by atoms with Gasteiger partial charge in [-0.25, -0.2) is 8.60 Å². The number of halogens is 4. The van der Waals surface area contributed by atoms with Gasteiger partial charge in [-0.05, 0) is 49.1 Å². The van der Waals surface area contributed by atoms with Crippen molar-refractivity contribution < 1.29 is 31.7 Å². The predicted molar refractivity (Wildman–Crippen MR) is 123 cm³/mol. The highest BCUT2D eigenvalue weighted by molar-refractivity contribution is 7.96. The summed E-state index contributed by atoms with van der Waals surface area (Å²) in [5.41, 5.74) is 1.37. The third kappa shape index (κ3) is 6.16. The average Bonchev–Trinajstić information content (AvgIpc) is 2.80. The van der Waals surface area contributed by atoms with E-state index in [1.54, 1.807) is 24.3 Å².